The largest absolute Gasteiger partial charge is 0.495 e. The van der Waals surface area contributed by atoms with Crippen LogP contribution in [0, 0.1) is 0 Å². The minimum absolute atomic E-state index is 0.0325. The number of methoxy groups -OCH3 is 1. The topological polar surface area (TPSA) is 70.2 Å². The summed E-state index contributed by atoms with van der Waals surface area (Å²) in [6, 6.07) is 12.9. The summed E-state index contributed by atoms with van der Waals surface area (Å²) in [5, 5.41) is 0. The first-order chi connectivity index (χ1) is 14.6. The lowest BCUT2D eigenvalue weighted by Gasteiger charge is -2.36. The first-order valence-electron chi connectivity index (χ1n) is 10.5. The molecule has 1 saturated heterocycles. The fourth-order valence-electron chi connectivity index (χ4n) is 4.51. The van der Waals surface area contributed by atoms with Crippen LogP contribution in [0.4, 0.5) is 11.4 Å². The van der Waals surface area contributed by atoms with E-state index >= 15 is 0 Å². The minimum Gasteiger partial charge on any atom is -0.495 e. The van der Waals surface area contributed by atoms with Gasteiger partial charge in [-0.2, -0.15) is 4.31 Å². The molecule has 4 rings (SSSR count). The number of anilines is 2. The van der Waals surface area contributed by atoms with Crippen LogP contribution in [-0.2, 0) is 20.2 Å². The molecule has 2 aliphatic heterocycles. The summed E-state index contributed by atoms with van der Waals surface area (Å²) in [6.45, 7) is 8.16. The monoisotopic (exact) mass is 443 g/mol. The second-order valence-electron chi connectivity index (χ2n) is 8.73. The maximum atomic E-state index is 13.4. The number of carbonyl (C=O) groups is 1. The third kappa shape index (κ3) is 3.78. The molecule has 0 radical (unpaired) electrons. The van der Waals surface area contributed by atoms with E-state index in [1.54, 1.807) is 34.5 Å². The molecule has 0 saturated carbocycles. The highest BCUT2D eigenvalue weighted by molar-refractivity contribution is 7.89. The summed E-state index contributed by atoms with van der Waals surface area (Å²) < 4.78 is 33.8. The van der Waals surface area contributed by atoms with E-state index < -0.39 is 10.0 Å². The Morgan fingerprint density at radius 2 is 1.68 bits per heavy atom. The Morgan fingerprint density at radius 3 is 2.32 bits per heavy atom. The molecule has 0 aliphatic carbocycles. The van der Waals surface area contributed by atoms with Gasteiger partial charge in [0.1, 0.15) is 5.75 Å². The summed E-state index contributed by atoms with van der Waals surface area (Å²) in [5.41, 5.74) is 2.38. The molecule has 0 unspecified atom stereocenters. The van der Waals surface area contributed by atoms with Gasteiger partial charge in [0.2, 0.25) is 15.9 Å². The van der Waals surface area contributed by atoms with Crippen molar-refractivity contribution >= 4 is 27.3 Å². The molecule has 1 fully saturated rings. The number of sulfonamides is 1. The Labute approximate surface area is 184 Å². The van der Waals surface area contributed by atoms with Crippen LogP contribution in [0.3, 0.4) is 0 Å². The maximum absolute atomic E-state index is 13.4. The summed E-state index contributed by atoms with van der Waals surface area (Å²) in [5.74, 6) is 0.754. The number of piperazine rings is 1. The van der Waals surface area contributed by atoms with Gasteiger partial charge in [-0.15, -0.1) is 0 Å². The average Bonchev–Trinajstić information content (AvgIpc) is 3.04. The second-order valence-corrected chi connectivity index (χ2v) is 10.7. The van der Waals surface area contributed by atoms with Crippen LogP contribution >= 0.6 is 0 Å². The molecule has 2 aliphatic rings. The summed E-state index contributed by atoms with van der Waals surface area (Å²) >= 11 is 0. The summed E-state index contributed by atoms with van der Waals surface area (Å²) in [6.07, 6.45) is 0. The predicted octanol–water partition coefficient (Wildman–Crippen LogP) is 2.85. The van der Waals surface area contributed by atoms with E-state index in [0.717, 1.165) is 22.7 Å². The number of ether oxygens (including phenoxy) is 1. The molecule has 0 atom stereocenters. The lowest BCUT2D eigenvalue weighted by atomic mass is 9.87. The van der Waals surface area contributed by atoms with Crippen molar-refractivity contribution < 1.29 is 17.9 Å². The smallest absolute Gasteiger partial charge is 0.243 e. The number of para-hydroxylation sites is 2. The predicted molar refractivity (Wildman–Crippen MR) is 121 cm³/mol. The third-order valence-electron chi connectivity index (χ3n) is 6.22. The van der Waals surface area contributed by atoms with Gasteiger partial charge in [0.15, 0.2) is 0 Å². The Bertz CT molecular complexity index is 1110. The van der Waals surface area contributed by atoms with Crippen molar-refractivity contribution in [2.24, 2.45) is 0 Å². The summed E-state index contributed by atoms with van der Waals surface area (Å²) in [4.78, 5) is 16.2. The lowest BCUT2D eigenvalue weighted by Crippen LogP contribution is -2.48. The standard InChI is InChI=1S/C23H29N3O4S/c1-17(27)26-16-23(2,3)19-15-18(9-10-20(19)26)31(28,29)25-13-11-24(12-14-25)21-7-5-6-8-22(21)30-4/h5-10,15H,11-14,16H2,1-4H3. The van der Waals surface area contributed by atoms with E-state index in [-0.39, 0.29) is 16.2 Å². The highest BCUT2D eigenvalue weighted by Gasteiger charge is 2.38. The van der Waals surface area contributed by atoms with Gasteiger partial charge >= 0.3 is 0 Å². The molecule has 0 aromatic heterocycles. The van der Waals surface area contributed by atoms with Gasteiger partial charge in [0.25, 0.3) is 0 Å². The van der Waals surface area contributed by atoms with Crippen LogP contribution in [0.2, 0.25) is 0 Å². The van der Waals surface area contributed by atoms with Gasteiger partial charge < -0.3 is 14.5 Å². The van der Waals surface area contributed by atoms with Crippen LogP contribution in [-0.4, -0.2) is 58.5 Å². The third-order valence-corrected chi connectivity index (χ3v) is 8.12. The van der Waals surface area contributed by atoms with Gasteiger partial charge in [-0.25, -0.2) is 8.42 Å². The van der Waals surface area contributed by atoms with Crippen molar-refractivity contribution in [1.82, 2.24) is 4.31 Å². The number of amides is 1. The van der Waals surface area contributed by atoms with Crippen molar-refractivity contribution in [3.8, 4) is 5.75 Å². The zero-order valence-electron chi connectivity index (χ0n) is 18.5. The molecule has 2 aromatic rings. The van der Waals surface area contributed by atoms with E-state index in [4.69, 9.17) is 4.74 Å². The number of fused-ring (bicyclic) bond motifs is 1. The SMILES string of the molecule is COc1ccccc1N1CCN(S(=O)(=O)c2ccc3c(c2)C(C)(C)CN3C(C)=O)CC1. The van der Waals surface area contributed by atoms with Crippen LogP contribution in [0.15, 0.2) is 47.4 Å². The van der Waals surface area contributed by atoms with Crippen molar-refractivity contribution in [2.75, 3.05) is 49.6 Å². The van der Waals surface area contributed by atoms with Crippen LogP contribution < -0.4 is 14.5 Å². The number of hydrogen-bond acceptors (Lipinski definition) is 5. The van der Waals surface area contributed by atoms with Gasteiger partial charge in [0, 0.05) is 50.7 Å². The molecule has 1 amide bonds. The van der Waals surface area contributed by atoms with Gasteiger partial charge in [0.05, 0.1) is 17.7 Å². The van der Waals surface area contributed by atoms with Crippen LogP contribution in [0.1, 0.15) is 26.3 Å². The van der Waals surface area contributed by atoms with E-state index in [2.05, 4.69) is 4.90 Å². The number of rotatable bonds is 4. The second kappa shape index (κ2) is 7.84. The molecule has 8 heteroatoms. The first kappa shape index (κ1) is 21.6. The molecule has 7 nitrogen and oxygen atoms in total. The number of benzene rings is 2. The van der Waals surface area contributed by atoms with E-state index in [9.17, 15) is 13.2 Å². The molecular formula is C23H29N3O4S. The fourth-order valence-corrected chi connectivity index (χ4v) is 5.96. The summed E-state index contributed by atoms with van der Waals surface area (Å²) in [7, 11) is -1.98. The van der Waals surface area contributed by atoms with Crippen molar-refractivity contribution in [3.63, 3.8) is 0 Å². The average molecular weight is 444 g/mol. The molecule has 166 valence electrons. The highest BCUT2D eigenvalue weighted by atomic mass is 32.2. The zero-order valence-corrected chi connectivity index (χ0v) is 19.3. The van der Waals surface area contributed by atoms with Crippen molar-refractivity contribution in [1.29, 1.82) is 0 Å². The Kier molecular flexibility index (Phi) is 5.47. The molecule has 0 bridgehead atoms. The molecule has 31 heavy (non-hydrogen) atoms. The van der Waals surface area contributed by atoms with Gasteiger partial charge in [-0.1, -0.05) is 26.0 Å². The molecule has 2 aromatic carbocycles. The molecule has 0 N–H and O–H groups in total. The lowest BCUT2D eigenvalue weighted by molar-refractivity contribution is -0.116. The van der Waals surface area contributed by atoms with Crippen LogP contribution in [0.5, 0.6) is 5.75 Å². The minimum atomic E-state index is -3.62. The fraction of sp³-hybridized carbons (Fsp3) is 0.435. The Morgan fingerprint density at radius 1 is 1.00 bits per heavy atom. The van der Waals surface area contributed by atoms with E-state index in [1.165, 1.54) is 6.92 Å². The quantitative estimate of drug-likeness (QED) is 0.727. The number of hydrogen-bond donors (Lipinski definition) is 0. The van der Waals surface area contributed by atoms with Gasteiger partial charge in [-0.05, 0) is 35.9 Å². The highest BCUT2D eigenvalue weighted by Crippen LogP contribution is 2.42. The van der Waals surface area contributed by atoms with Crippen molar-refractivity contribution in [3.05, 3.63) is 48.0 Å². The zero-order chi connectivity index (χ0) is 22.4. The van der Waals surface area contributed by atoms with E-state index in [0.29, 0.717) is 32.7 Å². The number of nitrogens with zero attached hydrogens (tertiary/aromatic N) is 3. The van der Waals surface area contributed by atoms with Crippen molar-refractivity contribution in [2.45, 2.75) is 31.1 Å². The Balaban J connectivity index is 1.56. The Hall–Kier alpha value is -2.58. The van der Waals surface area contributed by atoms with Gasteiger partial charge in [-0.3, -0.25) is 4.79 Å². The van der Waals surface area contributed by atoms with Crippen LogP contribution in [0.25, 0.3) is 0 Å². The maximum Gasteiger partial charge on any atom is 0.243 e. The normalized spacial score (nSPS) is 18.7. The first-order valence-corrected chi connectivity index (χ1v) is 11.9. The molecule has 2 heterocycles. The number of carbonyl (C=O) groups excluding carboxylic acids is 1. The molecular weight excluding hydrogens is 414 g/mol. The van der Waals surface area contributed by atoms with E-state index in [1.807, 2.05) is 38.1 Å². The molecule has 0 spiro atoms.